The van der Waals surface area contributed by atoms with Crippen molar-refractivity contribution in [1.29, 1.82) is 5.26 Å². The van der Waals surface area contributed by atoms with Crippen LogP contribution in [-0.2, 0) is 7.05 Å². The first-order valence-corrected chi connectivity index (χ1v) is 7.04. The van der Waals surface area contributed by atoms with E-state index in [0.717, 1.165) is 16.6 Å². The summed E-state index contributed by atoms with van der Waals surface area (Å²) < 4.78 is 1.82. The van der Waals surface area contributed by atoms with Crippen LogP contribution in [0.3, 0.4) is 0 Å². The number of carbonyl (C=O) groups excluding carboxylic acids is 1. The van der Waals surface area contributed by atoms with Gasteiger partial charge in [0.1, 0.15) is 5.82 Å². The number of carbonyl (C=O) groups is 1. The number of fused-ring (bicyclic) bond motifs is 1. The van der Waals surface area contributed by atoms with Gasteiger partial charge in [-0.15, -0.1) is 0 Å². The smallest absolute Gasteiger partial charge is 0.187 e. The zero-order valence-electron chi connectivity index (χ0n) is 12.4. The third kappa shape index (κ3) is 2.17. The number of aromatic nitrogens is 2. The molecule has 1 unspecified atom stereocenters. The van der Waals surface area contributed by atoms with Crippen molar-refractivity contribution in [2.45, 2.75) is 12.8 Å². The predicted molar refractivity (Wildman–Crippen MR) is 84.6 cm³/mol. The Hall–Kier alpha value is -2.93. The van der Waals surface area contributed by atoms with Crippen LogP contribution in [0.4, 0.5) is 0 Å². The van der Waals surface area contributed by atoms with Crippen LogP contribution in [0.5, 0.6) is 0 Å². The van der Waals surface area contributed by atoms with E-state index in [1.54, 1.807) is 6.07 Å². The first-order valence-electron chi connectivity index (χ1n) is 7.04. The summed E-state index contributed by atoms with van der Waals surface area (Å²) in [5.41, 5.74) is 3.14. The zero-order chi connectivity index (χ0) is 15.7. The van der Waals surface area contributed by atoms with E-state index < -0.39 is 5.92 Å². The number of nitriles is 1. The molecule has 4 heteroatoms. The molecule has 0 aliphatic rings. The van der Waals surface area contributed by atoms with Gasteiger partial charge in [0.15, 0.2) is 11.7 Å². The van der Waals surface area contributed by atoms with Crippen LogP contribution in [0.15, 0.2) is 48.5 Å². The molecule has 0 spiro atoms. The quantitative estimate of drug-likeness (QED) is 0.694. The van der Waals surface area contributed by atoms with Gasteiger partial charge in [-0.1, -0.05) is 36.4 Å². The van der Waals surface area contributed by atoms with Crippen LogP contribution < -0.4 is 0 Å². The lowest BCUT2D eigenvalue weighted by Gasteiger charge is -2.10. The van der Waals surface area contributed by atoms with E-state index in [4.69, 9.17) is 0 Å². The van der Waals surface area contributed by atoms with Gasteiger partial charge in [-0.2, -0.15) is 5.26 Å². The second-order valence-corrected chi connectivity index (χ2v) is 5.26. The topological polar surface area (TPSA) is 58.7 Å². The minimum absolute atomic E-state index is 0.209. The Kier molecular flexibility index (Phi) is 3.48. The third-order valence-electron chi connectivity index (χ3n) is 3.88. The van der Waals surface area contributed by atoms with E-state index in [1.807, 2.05) is 61.0 Å². The van der Waals surface area contributed by atoms with E-state index in [2.05, 4.69) is 11.1 Å². The van der Waals surface area contributed by atoms with Gasteiger partial charge in [-0.25, -0.2) is 4.98 Å². The summed E-state index contributed by atoms with van der Waals surface area (Å²) in [5, 5.41) is 9.53. The average Bonchev–Trinajstić information content (AvgIpc) is 2.86. The molecule has 3 aromatic rings. The van der Waals surface area contributed by atoms with Crippen molar-refractivity contribution >= 4 is 16.8 Å². The molecular weight excluding hydrogens is 274 g/mol. The number of aryl methyl sites for hydroxylation is 2. The second kappa shape index (κ2) is 5.45. The van der Waals surface area contributed by atoms with Crippen molar-refractivity contribution in [3.05, 3.63) is 65.5 Å². The molecule has 0 N–H and O–H groups in total. The number of imidazole rings is 1. The van der Waals surface area contributed by atoms with Crippen LogP contribution in [0, 0.1) is 18.3 Å². The third-order valence-corrected chi connectivity index (χ3v) is 3.88. The monoisotopic (exact) mass is 289 g/mol. The summed E-state index contributed by atoms with van der Waals surface area (Å²) in [4.78, 5) is 17.2. The molecule has 0 saturated carbocycles. The Labute approximate surface area is 128 Å². The molecule has 3 rings (SSSR count). The van der Waals surface area contributed by atoms with Crippen molar-refractivity contribution in [2.24, 2.45) is 7.05 Å². The van der Waals surface area contributed by atoms with E-state index in [1.165, 1.54) is 0 Å². The fraction of sp³-hybridized carbons (Fsp3) is 0.167. The SMILES string of the molecule is Cc1ccccc1C(=O)C(C#N)c1nc2ccccc2n1C. The van der Waals surface area contributed by atoms with E-state index in [-0.39, 0.29) is 5.78 Å². The lowest BCUT2D eigenvalue weighted by atomic mass is 9.95. The summed E-state index contributed by atoms with van der Waals surface area (Å²) >= 11 is 0. The van der Waals surface area contributed by atoms with Gasteiger partial charge in [0.2, 0.25) is 0 Å². The molecule has 0 saturated heterocycles. The van der Waals surface area contributed by atoms with E-state index >= 15 is 0 Å². The van der Waals surface area contributed by atoms with Crippen LogP contribution in [-0.4, -0.2) is 15.3 Å². The van der Waals surface area contributed by atoms with Gasteiger partial charge < -0.3 is 4.57 Å². The van der Waals surface area contributed by atoms with Crippen molar-refractivity contribution in [2.75, 3.05) is 0 Å². The normalized spacial score (nSPS) is 12.0. The first kappa shape index (κ1) is 14.0. The Morgan fingerprint density at radius 3 is 2.55 bits per heavy atom. The summed E-state index contributed by atoms with van der Waals surface area (Å²) in [6.45, 7) is 1.87. The van der Waals surface area contributed by atoms with Gasteiger partial charge in [0, 0.05) is 12.6 Å². The predicted octanol–water partition coefficient (Wildman–Crippen LogP) is 3.37. The highest BCUT2D eigenvalue weighted by molar-refractivity contribution is 6.03. The molecule has 0 aliphatic heterocycles. The van der Waals surface area contributed by atoms with Gasteiger partial charge >= 0.3 is 0 Å². The second-order valence-electron chi connectivity index (χ2n) is 5.26. The minimum Gasteiger partial charge on any atom is -0.330 e. The largest absolute Gasteiger partial charge is 0.330 e. The number of benzene rings is 2. The molecule has 0 amide bonds. The molecule has 0 radical (unpaired) electrons. The number of rotatable bonds is 3. The maximum Gasteiger partial charge on any atom is 0.187 e. The highest BCUT2D eigenvalue weighted by Gasteiger charge is 2.27. The number of nitrogens with zero attached hydrogens (tertiary/aromatic N) is 3. The molecule has 0 aliphatic carbocycles. The van der Waals surface area contributed by atoms with Gasteiger partial charge in [-0.05, 0) is 24.6 Å². The molecular formula is C18H15N3O. The van der Waals surface area contributed by atoms with Crippen LogP contribution in [0.1, 0.15) is 27.7 Å². The van der Waals surface area contributed by atoms with Gasteiger partial charge in [0.25, 0.3) is 0 Å². The molecule has 1 atom stereocenters. The number of Topliss-reactive ketones (excluding diaryl/α,β-unsaturated/α-hetero) is 1. The Morgan fingerprint density at radius 1 is 1.18 bits per heavy atom. The zero-order valence-corrected chi connectivity index (χ0v) is 12.4. The van der Waals surface area contributed by atoms with Gasteiger partial charge in [-0.3, -0.25) is 4.79 Å². The molecule has 0 fully saturated rings. The maximum atomic E-state index is 12.8. The molecule has 4 nitrogen and oxygen atoms in total. The lowest BCUT2D eigenvalue weighted by molar-refractivity contribution is 0.0975. The Morgan fingerprint density at radius 2 is 1.86 bits per heavy atom. The van der Waals surface area contributed by atoms with Crippen molar-refractivity contribution < 1.29 is 4.79 Å². The van der Waals surface area contributed by atoms with Gasteiger partial charge in [0.05, 0.1) is 17.1 Å². The van der Waals surface area contributed by atoms with Crippen LogP contribution in [0.2, 0.25) is 0 Å². The molecule has 1 aromatic heterocycles. The first-order chi connectivity index (χ1) is 10.6. The minimum atomic E-state index is -0.904. The van der Waals surface area contributed by atoms with Crippen molar-refractivity contribution in [3.8, 4) is 6.07 Å². The lowest BCUT2D eigenvalue weighted by Crippen LogP contribution is -2.16. The summed E-state index contributed by atoms with van der Waals surface area (Å²) in [7, 11) is 1.83. The Bertz CT molecular complexity index is 902. The molecule has 2 aromatic carbocycles. The fourth-order valence-electron chi connectivity index (χ4n) is 2.66. The number of ketones is 1. The van der Waals surface area contributed by atoms with Crippen molar-refractivity contribution in [3.63, 3.8) is 0 Å². The van der Waals surface area contributed by atoms with E-state index in [0.29, 0.717) is 11.4 Å². The summed E-state index contributed by atoms with van der Waals surface area (Å²) in [6.07, 6.45) is 0. The number of hydrogen-bond acceptors (Lipinski definition) is 3. The Balaban J connectivity index is 2.11. The molecule has 108 valence electrons. The van der Waals surface area contributed by atoms with Crippen molar-refractivity contribution in [1.82, 2.24) is 9.55 Å². The molecule has 1 heterocycles. The van der Waals surface area contributed by atoms with Crippen LogP contribution in [0.25, 0.3) is 11.0 Å². The summed E-state index contributed by atoms with van der Waals surface area (Å²) in [5.74, 6) is -0.630. The molecule has 0 bridgehead atoms. The van der Waals surface area contributed by atoms with Crippen LogP contribution >= 0.6 is 0 Å². The fourth-order valence-corrected chi connectivity index (χ4v) is 2.66. The summed E-state index contributed by atoms with van der Waals surface area (Å²) in [6, 6.07) is 17.0. The standard InChI is InChI=1S/C18H15N3O/c1-12-7-3-4-8-13(12)17(22)14(11-19)18-20-15-9-5-6-10-16(15)21(18)2/h3-10,14H,1-2H3. The molecule has 22 heavy (non-hydrogen) atoms. The number of hydrogen-bond donors (Lipinski definition) is 0. The van der Waals surface area contributed by atoms with E-state index in [9.17, 15) is 10.1 Å². The highest BCUT2D eigenvalue weighted by Crippen LogP contribution is 2.24. The number of para-hydroxylation sites is 2. The average molecular weight is 289 g/mol. The maximum absolute atomic E-state index is 12.8. The highest BCUT2D eigenvalue weighted by atomic mass is 16.1.